The van der Waals surface area contributed by atoms with E-state index in [0.29, 0.717) is 0 Å². The maximum atomic E-state index is 12.9. The third kappa shape index (κ3) is 3.54. The van der Waals surface area contributed by atoms with Gasteiger partial charge in [0.05, 0.1) is 4.90 Å². The molecule has 0 radical (unpaired) electrons. The van der Waals surface area contributed by atoms with Gasteiger partial charge in [-0.15, -0.1) is 6.58 Å². The number of ketones is 2. The Bertz CT molecular complexity index is 1070. The van der Waals surface area contributed by atoms with Gasteiger partial charge in [0.2, 0.25) is 11.6 Å². The van der Waals surface area contributed by atoms with Crippen molar-refractivity contribution in [1.82, 2.24) is 10.0 Å². The van der Waals surface area contributed by atoms with Crippen LogP contribution in [0.4, 0.5) is 0 Å². The highest BCUT2D eigenvalue weighted by molar-refractivity contribution is 7.89. The molecule has 138 valence electrons. The van der Waals surface area contributed by atoms with E-state index in [1.807, 2.05) is 6.92 Å². The third-order valence-corrected chi connectivity index (χ3v) is 5.48. The van der Waals surface area contributed by atoms with Crippen molar-refractivity contribution >= 4 is 21.6 Å². The normalized spacial score (nSPS) is 14.0. The van der Waals surface area contributed by atoms with Crippen molar-refractivity contribution in [2.45, 2.75) is 11.8 Å². The fraction of sp³-hybridized carbons (Fsp3) is 0.100. The van der Waals surface area contributed by atoms with Gasteiger partial charge in [-0.2, -0.15) is 0 Å². The van der Waals surface area contributed by atoms with Gasteiger partial charge < -0.3 is 5.32 Å². The highest BCUT2D eigenvalue weighted by atomic mass is 32.2. The lowest BCUT2D eigenvalue weighted by atomic mass is 9.90. The van der Waals surface area contributed by atoms with Crippen LogP contribution in [0.1, 0.15) is 26.3 Å². The van der Waals surface area contributed by atoms with Gasteiger partial charge in [0.15, 0.2) is 0 Å². The molecule has 2 N–H and O–H groups in total. The van der Waals surface area contributed by atoms with Crippen LogP contribution in [-0.4, -0.2) is 26.5 Å². The van der Waals surface area contributed by atoms with Gasteiger partial charge in [-0.1, -0.05) is 48.0 Å². The first kappa shape index (κ1) is 18.6. The number of nitrogens with one attached hydrogen (secondary N) is 2. The number of allylic oxidation sites excluding steroid dienone is 2. The standard InChI is InChI=1S/C20H18N2O4S/c1-3-12-21-17-18(20(24)16-7-5-4-6-15(16)19(17)23)22-27(25,26)14-10-8-13(2)9-11-14/h3-11,21-22H,1,12H2,2H3. The van der Waals surface area contributed by atoms with Gasteiger partial charge in [-0.3, -0.25) is 14.3 Å². The molecule has 3 rings (SSSR count). The lowest BCUT2D eigenvalue weighted by molar-refractivity contribution is 0.0966. The number of aryl methyl sites for hydroxylation is 1. The Hall–Kier alpha value is -3.19. The Morgan fingerprint density at radius 3 is 2.04 bits per heavy atom. The zero-order valence-corrected chi connectivity index (χ0v) is 15.5. The van der Waals surface area contributed by atoms with Crippen molar-refractivity contribution in [2.75, 3.05) is 6.54 Å². The number of benzene rings is 2. The Morgan fingerprint density at radius 2 is 1.48 bits per heavy atom. The first-order chi connectivity index (χ1) is 12.8. The molecule has 0 unspecified atom stereocenters. The number of hydrogen-bond donors (Lipinski definition) is 2. The molecule has 6 nitrogen and oxygen atoms in total. The molecule has 2 aromatic rings. The van der Waals surface area contributed by atoms with Crippen LogP contribution in [0.3, 0.4) is 0 Å². The molecule has 2 aromatic carbocycles. The van der Waals surface area contributed by atoms with Crippen molar-refractivity contribution in [3.8, 4) is 0 Å². The van der Waals surface area contributed by atoms with Crippen LogP contribution in [0.25, 0.3) is 0 Å². The molecule has 0 aliphatic heterocycles. The fourth-order valence-corrected chi connectivity index (χ4v) is 3.80. The number of fused-ring (bicyclic) bond motifs is 1. The van der Waals surface area contributed by atoms with E-state index in [-0.39, 0.29) is 34.0 Å². The summed E-state index contributed by atoms with van der Waals surface area (Å²) >= 11 is 0. The zero-order chi connectivity index (χ0) is 19.6. The van der Waals surface area contributed by atoms with Gasteiger partial charge >= 0.3 is 0 Å². The molecule has 27 heavy (non-hydrogen) atoms. The van der Waals surface area contributed by atoms with E-state index in [4.69, 9.17) is 0 Å². The van der Waals surface area contributed by atoms with Crippen LogP contribution in [0.2, 0.25) is 0 Å². The van der Waals surface area contributed by atoms with E-state index in [0.717, 1.165) is 5.56 Å². The molecule has 0 aromatic heterocycles. The molecule has 1 aliphatic carbocycles. The van der Waals surface area contributed by atoms with Crippen molar-refractivity contribution in [1.29, 1.82) is 0 Å². The van der Waals surface area contributed by atoms with E-state index in [1.165, 1.54) is 30.3 Å². The molecule has 0 fully saturated rings. The Balaban J connectivity index is 2.08. The highest BCUT2D eigenvalue weighted by Gasteiger charge is 2.34. The van der Waals surface area contributed by atoms with Gasteiger partial charge in [-0.25, -0.2) is 8.42 Å². The third-order valence-electron chi connectivity index (χ3n) is 4.11. The van der Waals surface area contributed by atoms with Gasteiger partial charge in [-0.05, 0) is 19.1 Å². The fourth-order valence-electron chi connectivity index (χ4n) is 2.73. The SMILES string of the molecule is C=CCNC1=C(NS(=O)(=O)c2ccc(C)cc2)C(=O)c2ccccc2C1=O. The van der Waals surface area contributed by atoms with Crippen molar-refractivity contribution in [2.24, 2.45) is 0 Å². The second-order valence-corrected chi connectivity index (χ2v) is 7.72. The smallest absolute Gasteiger partial charge is 0.262 e. The van der Waals surface area contributed by atoms with Crippen LogP contribution in [-0.2, 0) is 10.0 Å². The van der Waals surface area contributed by atoms with E-state index in [1.54, 1.807) is 24.3 Å². The number of carbonyl (C=O) groups excluding carboxylic acids is 2. The number of hydrogen-bond acceptors (Lipinski definition) is 5. The summed E-state index contributed by atoms with van der Waals surface area (Å²) in [4.78, 5) is 25.7. The molecular formula is C20H18N2O4S. The second kappa shape index (κ2) is 7.20. The average Bonchev–Trinajstić information content (AvgIpc) is 2.66. The largest absolute Gasteiger partial charge is 0.377 e. The first-order valence-corrected chi connectivity index (χ1v) is 9.70. The highest BCUT2D eigenvalue weighted by Crippen LogP contribution is 2.25. The zero-order valence-electron chi connectivity index (χ0n) is 14.7. The lowest BCUT2D eigenvalue weighted by Crippen LogP contribution is -2.38. The lowest BCUT2D eigenvalue weighted by Gasteiger charge is -2.22. The van der Waals surface area contributed by atoms with E-state index in [2.05, 4.69) is 16.6 Å². The molecule has 0 saturated heterocycles. The van der Waals surface area contributed by atoms with Gasteiger partial charge in [0, 0.05) is 17.7 Å². The Kier molecular flexibility index (Phi) is 4.96. The second-order valence-electron chi connectivity index (χ2n) is 6.04. The van der Waals surface area contributed by atoms with Crippen molar-refractivity contribution in [3.05, 3.63) is 89.3 Å². The molecule has 0 spiro atoms. The van der Waals surface area contributed by atoms with Crippen LogP contribution in [0, 0.1) is 6.92 Å². The predicted molar refractivity (Wildman–Crippen MR) is 102 cm³/mol. The predicted octanol–water partition coefficient (Wildman–Crippen LogP) is 2.34. The Labute approximate surface area is 157 Å². The summed E-state index contributed by atoms with van der Waals surface area (Å²) in [6, 6.07) is 12.5. The monoisotopic (exact) mass is 382 g/mol. The number of rotatable bonds is 6. The van der Waals surface area contributed by atoms with E-state index < -0.39 is 21.6 Å². The van der Waals surface area contributed by atoms with Crippen LogP contribution >= 0.6 is 0 Å². The molecule has 0 atom stereocenters. The average molecular weight is 382 g/mol. The first-order valence-electron chi connectivity index (χ1n) is 8.22. The molecular weight excluding hydrogens is 364 g/mol. The molecule has 1 aliphatic rings. The summed E-state index contributed by atoms with van der Waals surface area (Å²) in [6.45, 7) is 5.61. The van der Waals surface area contributed by atoms with Crippen molar-refractivity contribution < 1.29 is 18.0 Å². The van der Waals surface area contributed by atoms with E-state index in [9.17, 15) is 18.0 Å². The van der Waals surface area contributed by atoms with Crippen molar-refractivity contribution in [3.63, 3.8) is 0 Å². The maximum Gasteiger partial charge on any atom is 0.262 e. The molecule has 0 heterocycles. The van der Waals surface area contributed by atoms with Crippen LogP contribution < -0.4 is 10.0 Å². The van der Waals surface area contributed by atoms with Gasteiger partial charge in [0.25, 0.3) is 10.0 Å². The quantitative estimate of drug-likeness (QED) is 0.748. The minimum absolute atomic E-state index is 0.00257. The summed E-state index contributed by atoms with van der Waals surface area (Å²) in [5.41, 5.74) is 0.912. The minimum atomic E-state index is -4.04. The summed E-state index contributed by atoms with van der Waals surface area (Å²) in [6.07, 6.45) is 1.51. The summed E-state index contributed by atoms with van der Waals surface area (Å²) in [5.74, 6) is -1.01. The van der Waals surface area contributed by atoms with Crippen LogP contribution in [0.5, 0.6) is 0 Å². The van der Waals surface area contributed by atoms with E-state index >= 15 is 0 Å². The number of Topliss-reactive ketones (excluding diaryl/α,β-unsaturated/α-hetero) is 2. The minimum Gasteiger partial charge on any atom is -0.377 e. The molecule has 0 bridgehead atoms. The topological polar surface area (TPSA) is 92.3 Å². The van der Waals surface area contributed by atoms with Gasteiger partial charge in [0.1, 0.15) is 11.4 Å². The van der Waals surface area contributed by atoms with Crippen LogP contribution in [0.15, 0.2) is 77.5 Å². The maximum absolute atomic E-state index is 12.9. The Morgan fingerprint density at radius 1 is 0.926 bits per heavy atom. The summed E-state index contributed by atoms with van der Waals surface area (Å²) in [7, 11) is -4.04. The number of sulfonamides is 1. The summed E-state index contributed by atoms with van der Waals surface area (Å²) < 4.78 is 27.8. The summed E-state index contributed by atoms with van der Waals surface area (Å²) in [5, 5.41) is 2.79. The molecule has 0 saturated carbocycles. The molecule has 7 heteroatoms. The number of carbonyl (C=O) groups is 2. The molecule has 0 amide bonds.